The molecule has 1 saturated carbocycles. The van der Waals surface area contributed by atoms with Gasteiger partial charge < -0.3 is 9.84 Å². The Morgan fingerprint density at radius 3 is 2.14 bits per heavy atom. The normalized spacial score (nSPS) is 14.5. The average molecular weight is 496 g/mol. The molecule has 7 nitrogen and oxygen atoms in total. The Labute approximate surface area is 215 Å². The molecule has 1 aliphatic carbocycles. The number of hydrogen-bond donors (Lipinski definition) is 2. The lowest BCUT2D eigenvalue weighted by atomic mass is 9.93. The van der Waals surface area contributed by atoms with Crippen LogP contribution in [-0.2, 0) is 21.5 Å². The molecule has 188 valence electrons. The first-order valence-electron chi connectivity index (χ1n) is 12.4. The van der Waals surface area contributed by atoms with Gasteiger partial charge in [0.1, 0.15) is 11.9 Å². The summed E-state index contributed by atoms with van der Waals surface area (Å²) >= 11 is 0. The molecule has 7 heteroatoms. The molecule has 1 aromatic heterocycles. The second-order valence-corrected chi connectivity index (χ2v) is 9.35. The van der Waals surface area contributed by atoms with Crippen LogP contribution in [0.5, 0.6) is 0 Å². The van der Waals surface area contributed by atoms with Gasteiger partial charge in [-0.2, -0.15) is 5.10 Å². The van der Waals surface area contributed by atoms with Crippen molar-refractivity contribution >= 4 is 17.9 Å². The highest BCUT2D eigenvalue weighted by Crippen LogP contribution is 2.48. The molecule has 0 saturated heterocycles. The third-order valence-corrected chi connectivity index (χ3v) is 7.04. The Balaban J connectivity index is 1.32. The molecule has 0 spiro atoms. The van der Waals surface area contributed by atoms with Gasteiger partial charge in [-0.1, -0.05) is 78.9 Å². The Kier molecular flexibility index (Phi) is 6.53. The van der Waals surface area contributed by atoms with Gasteiger partial charge >= 0.3 is 12.1 Å². The van der Waals surface area contributed by atoms with Gasteiger partial charge in [0.05, 0.1) is 11.6 Å². The highest BCUT2D eigenvalue weighted by Gasteiger charge is 2.51. The van der Waals surface area contributed by atoms with Crippen molar-refractivity contribution in [1.82, 2.24) is 9.78 Å². The average Bonchev–Trinajstić information content (AvgIpc) is 3.65. The lowest BCUT2D eigenvalue weighted by molar-refractivity contribution is -0.140. The summed E-state index contributed by atoms with van der Waals surface area (Å²) in [5, 5.41) is 16.8. The zero-order chi connectivity index (χ0) is 26.0. The van der Waals surface area contributed by atoms with Crippen LogP contribution in [0.2, 0.25) is 0 Å². The number of benzene rings is 3. The van der Waals surface area contributed by atoms with Crippen molar-refractivity contribution in [2.75, 3.05) is 5.32 Å². The number of anilines is 1. The Morgan fingerprint density at radius 1 is 0.973 bits per heavy atom. The van der Waals surface area contributed by atoms with Crippen LogP contribution in [0.3, 0.4) is 0 Å². The van der Waals surface area contributed by atoms with Crippen molar-refractivity contribution in [2.24, 2.45) is 0 Å². The molecule has 0 radical (unpaired) electrons. The third kappa shape index (κ3) is 4.85. The first kappa shape index (κ1) is 24.3. The fraction of sp³-hybridized carbons (Fsp3) is 0.233. The second kappa shape index (κ2) is 9.93. The van der Waals surface area contributed by atoms with Crippen molar-refractivity contribution < 1.29 is 19.4 Å². The number of aromatic nitrogens is 2. The van der Waals surface area contributed by atoms with Gasteiger partial charge in [0.25, 0.3) is 0 Å². The first-order valence-corrected chi connectivity index (χ1v) is 12.4. The van der Waals surface area contributed by atoms with Crippen LogP contribution in [-0.4, -0.2) is 26.9 Å². The summed E-state index contributed by atoms with van der Waals surface area (Å²) in [6.07, 6.45) is 2.19. The minimum absolute atomic E-state index is 0.390. The van der Waals surface area contributed by atoms with E-state index in [1.54, 1.807) is 10.9 Å². The van der Waals surface area contributed by atoms with Crippen molar-refractivity contribution in [1.29, 1.82) is 0 Å². The van der Waals surface area contributed by atoms with Crippen LogP contribution in [0, 0.1) is 0 Å². The van der Waals surface area contributed by atoms with Gasteiger partial charge in [0.15, 0.2) is 0 Å². The smallest absolute Gasteiger partial charge is 0.413 e. The number of nitrogens with zero attached hydrogens (tertiary/aromatic N) is 2. The highest BCUT2D eigenvalue weighted by molar-refractivity contribution is 5.90. The number of hydrogen-bond acceptors (Lipinski definition) is 4. The van der Waals surface area contributed by atoms with Gasteiger partial charge in [-0.05, 0) is 54.5 Å². The lowest BCUT2D eigenvalue weighted by Crippen LogP contribution is -2.19. The molecule has 2 N–H and O–H groups in total. The monoisotopic (exact) mass is 495 g/mol. The van der Waals surface area contributed by atoms with Crippen molar-refractivity contribution in [3.63, 3.8) is 0 Å². The maximum atomic E-state index is 12.7. The van der Waals surface area contributed by atoms with Crippen LogP contribution in [0.25, 0.3) is 22.3 Å². The number of rotatable bonds is 8. The number of aryl methyl sites for hydroxylation is 1. The molecular weight excluding hydrogens is 466 g/mol. The molecule has 0 aliphatic heterocycles. The van der Waals surface area contributed by atoms with E-state index in [4.69, 9.17) is 4.74 Å². The Bertz CT molecular complexity index is 1410. The van der Waals surface area contributed by atoms with Crippen molar-refractivity contribution in [2.45, 2.75) is 44.8 Å². The van der Waals surface area contributed by atoms with E-state index in [-0.39, 0.29) is 0 Å². The van der Waals surface area contributed by atoms with Crippen molar-refractivity contribution in [3.8, 4) is 22.3 Å². The zero-order valence-corrected chi connectivity index (χ0v) is 20.8. The quantitative estimate of drug-likeness (QED) is 0.285. The fourth-order valence-electron chi connectivity index (χ4n) is 4.62. The molecule has 1 amide bonds. The maximum absolute atomic E-state index is 12.7. The molecular formula is C30H29N3O4. The van der Waals surface area contributed by atoms with E-state index in [9.17, 15) is 14.7 Å². The van der Waals surface area contributed by atoms with E-state index >= 15 is 0 Å². The summed E-state index contributed by atoms with van der Waals surface area (Å²) in [6.45, 7) is 4.39. The predicted octanol–water partition coefficient (Wildman–Crippen LogP) is 6.66. The van der Waals surface area contributed by atoms with Gasteiger partial charge in [0, 0.05) is 12.1 Å². The van der Waals surface area contributed by atoms with E-state index in [0.717, 1.165) is 33.4 Å². The largest absolute Gasteiger partial charge is 0.481 e. The van der Waals surface area contributed by atoms with Crippen LogP contribution in [0.15, 0.2) is 85.1 Å². The van der Waals surface area contributed by atoms with E-state index in [2.05, 4.69) is 10.4 Å². The first-order chi connectivity index (χ1) is 17.9. The summed E-state index contributed by atoms with van der Waals surface area (Å²) in [6, 6.07) is 25.4. The molecule has 3 aromatic carbocycles. The molecule has 1 heterocycles. The topological polar surface area (TPSA) is 93.5 Å². The van der Waals surface area contributed by atoms with Gasteiger partial charge in [0.2, 0.25) is 0 Å². The Hall–Kier alpha value is -4.39. The lowest BCUT2D eigenvalue weighted by Gasteiger charge is -2.15. The summed E-state index contributed by atoms with van der Waals surface area (Å²) in [7, 11) is 0. The number of carbonyl (C=O) groups is 2. The summed E-state index contributed by atoms with van der Waals surface area (Å²) in [4.78, 5) is 24.3. The Morgan fingerprint density at radius 2 is 1.57 bits per heavy atom. The number of amides is 1. The molecule has 0 bridgehead atoms. The SMILES string of the molecule is CCn1ncc(-c2ccc(-c3ccc(C4(C(=O)O)CC4)cc3)cc2)c1NC(=O)O[C@H](C)c1ccccc1. The number of aliphatic carboxylic acids is 1. The van der Waals surface area contributed by atoms with E-state index < -0.39 is 23.6 Å². The van der Waals surface area contributed by atoms with Gasteiger partial charge in [-0.25, -0.2) is 9.48 Å². The zero-order valence-electron chi connectivity index (χ0n) is 20.8. The number of carboxylic acids is 1. The maximum Gasteiger partial charge on any atom is 0.413 e. The van der Waals surface area contributed by atoms with E-state index in [1.165, 1.54) is 0 Å². The molecule has 37 heavy (non-hydrogen) atoms. The predicted molar refractivity (Wildman–Crippen MR) is 142 cm³/mol. The van der Waals surface area contributed by atoms with Crippen LogP contribution in [0.1, 0.15) is 43.9 Å². The van der Waals surface area contributed by atoms with Crippen LogP contribution < -0.4 is 5.32 Å². The van der Waals surface area contributed by atoms with Gasteiger partial charge in [-0.15, -0.1) is 0 Å². The second-order valence-electron chi connectivity index (χ2n) is 9.35. The summed E-state index contributed by atoms with van der Waals surface area (Å²) < 4.78 is 7.33. The minimum Gasteiger partial charge on any atom is -0.481 e. The number of nitrogens with one attached hydrogen (secondary N) is 1. The molecule has 5 rings (SSSR count). The molecule has 1 atom stereocenters. The number of carbonyl (C=O) groups excluding carboxylic acids is 1. The summed E-state index contributed by atoms with van der Waals surface area (Å²) in [5.74, 6) is -0.173. The third-order valence-electron chi connectivity index (χ3n) is 7.04. The highest BCUT2D eigenvalue weighted by atomic mass is 16.6. The fourth-order valence-corrected chi connectivity index (χ4v) is 4.62. The van der Waals surface area contributed by atoms with Crippen LogP contribution in [0.4, 0.5) is 10.6 Å². The minimum atomic E-state index is -0.750. The number of ether oxygens (including phenoxy) is 1. The summed E-state index contributed by atoms with van der Waals surface area (Å²) in [5.41, 5.74) is 4.81. The van der Waals surface area contributed by atoms with Crippen LogP contribution >= 0.6 is 0 Å². The molecule has 4 aromatic rings. The van der Waals surface area contributed by atoms with E-state index in [1.807, 2.05) is 92.7 Å². The van der Waals surface area contributed by atoms with E-state index in [0.29, 0.717) is 25.2 Å². The molecule has 1 fully saturated rings. The van der Waals surface area contributed by atoms with Gasteiger partial charge in [-0.3, -0.25) is 10.1 Å². The standard InChI is InChI=1S/C30H29N3O4/c1-3-33-27(32-29(36)37-20(2)21-7-5-4-6-8-21)26(19-31-33)24-11-9-22(10-12-24)23-13-15-25(16-14-23)30(17-18-30)28(34)35/h4-16,19-20H,3,17-18H2,1-2H3,(H,32,36)(H,34,35)/t20-/m1/s1. The number of carboxylic acid groups (broad SMARTS) is 1. The molecule has 0 unspecified atom stereocenters. The molecule has 1 aliphatic rings. The van der Waals surface area contributed by atoms with Crippen molar-refractivity contribution in [3.05, 3.63) is 96.2 Å².